The van der Waals surface area contributed by atoms with Gasteiger partial charge in [-0.3, -0.25) is 0 Å². The molecule has 0 aliphatic heterocycles. The van der Waals surface area contributed by atoms with E-state index in [-0.39, 0.29) is 18.8 Å². The number of benzene rings is 2. The minimum absolute atomic E-state index is 0.0341. The quantitative estimate of drug-likeness (QED) is 0.316. The van der Waals surface area contributed by atoms with Gasteiger partial charge in [0.05, 0.1) is 5.03 Å². The highest BCUT2D eigenvalue weighted by Crippen LogP contribution is 2.16. The molecule has 0 atom stereocenters. The van der Waals surface area contributed by atoms with Gasteiger partial charge in [-0.25, -0.2) is 4.79 Å². The van der Waals surface area contributed by atoms with Crippen LogP contribution in [0.3, 0.4) is 0 Å². The van der Waals surface area contributed by atoms with E-state index in [0.29, 0.717) is 17.3 Å². The lowest BCUT2D eigenvalue weighted by Gasteiger charge is -2.11. The molecule has 0 bridgehead atoms. The fourth-order valence-electron chi connectivity index (χ4n) is 2.11. The molecule has 6 heteroatoms. The first-order chi connectivity index (χ1) is 12.7. The molecule has 2 aromatic carbocycles. The second-order valence-electron chi connectivity index (χ2n) is 5.16. The summed E-state index contributed by atoms with van der Waals surface area (Å²) >= 11 is 1.30. The summed E-state index contributed by atoms with van der Waals surface area (Å²) in [4.78, 5) is 12.2. The third-order valence-corrected chi connectivity index (χ3v) is 4.13. The van der Waals surface area contributed by atoms with Crippen LogP contribution in [0.4, 0.5) is 0 Å². The molecule has 2 aromatic rings. The summed E-state index contributed by atoms with van der Waals surface area (Å²) in [5.41, 5.74) is 1.02. The molecule has 0 aliphatic rings. The lowest BCUT2D eigenvalue weighted by atomic mass is 10.2. The van der Waals surface area contributed by atoms with E-state index in [0.717, 1.165) is 5.56 Å². The summed E-state index contributed by atoms with van der Waals surface area (Å²) in [5, 5.41) is 12.9. The molecule has 0 amide bonds. The summed E-state index contributed by atoms with van der Waals surface area (Å²) in [6.45, 7) is 0.812. The van der Waals surface area contributed by atoms with Crippen LogP contribution in [0.1, 0.15) is 5.56 Å². The van der Waals surface area contributed by atoms with Crippen molar-refractivity contribution in [2.24, 2.45) is 0 Å². The Balaban J connectivity index is 1.87. The second kappa shape index (κ2) is 10.9. The predicted molar refractivity (Wildman–Crippen MR) is 102 cm³/mol. The summed E-state index contributed by atoms with van der Waals surface area (Å²) in [6.07, 6.45) is 1.80. The fourth-order valence-corrected chi connectivity index (χ4v) is 2.66. The maximum atomic E-state index is 12.2. The zero-order valence-electron chi connectivity index (χ0n) is 14.5. The Morgan fingerprint density at radius 3 is 2.35 bits per heavy atom. The molecule has 2 rings (SSSR count). The van der Waals surface area contributed by atoms with Crippen LogP contribution < -0.4 is 10.1 Å². The van der Waals surface area contributed by atoms with Gasteiger partial charge in [0.15, 0.2) is 5.57 Å². The maximum Gasteiger partial charge on any atom is 0.351 e. The SMILES string of the molecule is CS/C(NCc1ccccc1)=C(\C#N)C(=O)OCCOc1ccccc1. The molecule has 0 spiro atoms. The Kier molecular flexibility index (Phi) is 8.10. The third kappa shape index (κ3) is 6.19. The number of thioether (sulfide) groups is 1. The first-order valence-corrected chi connectivity index (χ1v) is 9.28. The molecule has 5 nitrogen and oxygen atoms in total. The molecule has 26 heavy (non-hydrogen) atoms. The fraction of sp³-hybridized carbons (Fsp3) is 0.200. The molecule has 0 saturated heterocycles. The lowest BCUT2D eigenvalue weighted by Crippen LogP contribution is -2.19. The first-order valence-electron chi connectivity index (χ1n) is 8.05. The monoisotopic (exact) mass is 368 g/mol. The highest BCUT2D eigenvalue weighted by Gasteiger charge is 2.16. The van der Waals surface area contributed by atoms with Crippen molar-refractivity contribution in [3.05, 3.63) is 76.8 Å². The number of hydrogen-bond acceptors (Lipinski definition) is 6. The molecule has 0 saturated carbocycles. The van der Waals surface area contributed by atoms with Crippen LogP contribution in [0.5, 0.6) is 5.75 Å². The van der Waals surface area contributed by atoms with E-state index in [4.69, 9.17) is 9.47 Å². The number of nitrogens with zero attached hydrogens (tertiary/aromatic N) is 1. The molecule has 0 aromatic heterocycles. The van der Waals surface area contributed by atoms with Crippen molar-refractivity contribution in [1.82, 2.24) is 5.32 Å². The van der Waals surface area contributed by atoms with Crippen LogP contribution in [0.2, 0.25) is 0 Å². The van der Waals surface area contributed by atoms with Crippen molar-refractivity contribution in [1.29, 1.82) is 5.26 Å². The van der Waals surface area contributed by atoms with E-state index in [2.05, 4.69) is 5.32 Å². The van der Waals surface area contributed by atoms with Gasteiger partial charge in [0.2, 0.25) is 0 Å². The summed E-state index contributed by atoms with van der Waals surface area (Å²) < 4.78 is 10.6. The number of nitriles is 1. The number of ether oxygens (including phenoxy) is 2. The van der Waals surface area contributed by atoms with Gasteiger partial charge >= 0.3 is 5.97 Å². The Morgan fingerprint density at radius 1 is 1.08 bits per heavy atom. The Hall–Kier alpha value is -2.91. The van der Waals surface area contributed by atoms with Gasteiger partial charge < -0.3 is 14.8 Å². The lowest BCUT2D eigenvalue weighted by molar-refractivity contribution is -0.139. The van der Waals surface area contributed by atoms with E-state index < -0.39 is 5.97 Å². The van der Waals surface area contributed by atoms with Crippen LogP contribution in [-0.2, 0) is 16.1 Å². The number of carbonyl (C=O) groups is 1. The Labute approximate surface area is 157 Å². The number of rotatable bonds is 9. The zero-order valence-corrected chi connectivity index (χ0v) is 15.3. The molecule has 0 heterocycles. The van der Waals surface area contributed by atoms with Crippen LogP contribution in [0, 0.1) is 11.3 Å². The molecule has 0 aliphatic carbocycles. The summed E-state index contributed by atoms with van der Waals surface area (Å²) in [7, 11) is 0. The van der Waals surface area contributed by atoms with E-state index in [9.17, 15) is 10.1 Å². The van der Waals surface area contributed by atoms with Crippen molar-refractivity contribution in [2.75, 3.05) is 19.5 Å². The minimum Gasteiger partial charge on any atom is -0.490 e. The highest BCUT2D eigenvalue weighted by molar-refractivity contribution is 8.02. The van der Waals surface area contributed by atoms with Crippen LogP contribution in [0.15, 0.2) is 71.3 Å². The van der Waals surface area contributed by atoms with Crippen molar-refractivity contribution in [2.45, 2.75) is 6.54 Å². The molecular weight excluding hydrogens is 348 g/mol. The predicted octanol–water partition coefficient (Wildman–Crippen LogP) is 3.50. The smallest absolute Gasteiger partial charge is 0.351 e. The van der Waals surface area contributed by atoms with Crippen LogP contribution >= 0.6 is 11.8 Å². The van der Waals surface area contributed by atoms with Crippen molar-refractivity contribution in [3.63, 3.8) is 0 Å². The van der Waals surface area contributed by atoms with Gasteiger partial charge in [0, 0.05) is 6.54 Å². The Morgan fingerprint density at radius 2 is 1.73 bits per heavy atom. The van der Waals surface area contributed by atoms with Crippen molar-refractivity contribution < 1.29 is 14.3 Å². The minimum atomic E-state index is -0.658. The number of hydrogen-bond donors (Lipinski definition) is 1. The average molecular weight is 368 g/mol. The van der Waals surface area contributed by atoms with Crippen molar-refractivity contribution in [3.8, 4) is 11.8 Å². The van der Waals surface area contributed by atoms with Gasteiger partial charge in [0.1, 0.15) is 25.0 Å². The van der Waals surface area contributed by atoms with E-state index in [1.807, 2.05) is 66.7 Å². The molecule has 0 fully saturated rings. The first kappa shape index (κ1) is 19.4. The highest BCUT2D eigenvalue weighted by atomic mass is 32.2. The molecule has 0 unspecified atom stereocenters. The normalized spacial score (nSPS) is 11.1. The van der Waals surface area contributed by atoms with Gasteiger partial charge in [-0.2, -0.15) is 5.26 Å². The van der Waals surface area contributed by atoms with Gasteiger partial charge in [-0.15, -0.1) is 11.8 Å². The number of esters is 1. The number of nitrogens with one attached hydrogen (secondary N) is 1. The van der Waals surface area contributed by atoms with E-state index in [1.165, 1.54) is 11.8 Å². The summed E-state index contributed by atoms with van der Waals surface area (Å²) in [6, 6.07) is 20.9. The largest absolute Gasteiger partial charge is 0.490 e. The molecule has 1 N–H and O–H groups in total. The topological polar surface area (TPSA) is 71.4 Å². The molecular formula is C20H20N2O3S. The molecule has 134 valence electrons. The standard InChI is InChI=1S/C20H20N2O3S/c1-26-19(22-15-16-8-4-2-5-9-16)18(14-21)20(23)25-13-12-24-17-10-6-3-7-11-17/h2-11,22H,12-13,15H2,1H3/b19-18+. The van der Waals surface area contributed by atoms with Crippen LogP contribution in [-0.4, -0.2) is 25.4 Å². The van der Waals surface area contributed by atoms with Crippen LogP contribution in [0.25, 0.3) is 0 Å². The van der Waals surface area contributed by atoms with E-state index in [1.54, 1.807) is 6.26 Å². The number of carbonyl (C=O) groups excluding carboxylic acids is 1. The van der Waals surface area contributed by atoms with Gasteiger partial charge in [-0.05, 0) is 24.0 Å². The van der Waals surface area contributed by atoms with E-state index >= 15 is 0 Å². The number of para-hydroxylation sites is 1. The Bertz CT molecular complexity index is 771. The van der Waals surface area contributed by atoms with Gasteiger partial charge in [-0.1, -0.05) is 48.5 Å². The molecule has 0 radical (unpaired) electrons. The third-order valence-electron chi connectivity index (χ3n) is 3.37. The zero-order chi connectivity index (χ0) is 18.6. The average Bonchev–Trinajstić information content (AvgIpc) is 2.70. The summed E-state index contributed by atoms with van der Waals surface area (Å²) in [5.74, 6) is 0.0444. The maximum absolute atomic E-state index is 12.2. The second-order valence-corrected chi connectivity index (χ2v) is 5.97. The van der Waals surface area contributed by atoms with Gasteiger partial charge in [0.25, 0.3) is 0 Å². The van der Waals surface area contributed by atoms with Crippen molar-refractivity contribution >= 4 is 17.7 Å².